The fraction of sp³-hybridized carbons (Fsp3) is 0.652. The Balaban J connectivity index is 0.00000480. The molecule has 1 saturated carbocycles. The summed E-state index contributed by atoms with van der Waals surface area (Å²) in [7, 11) is 0. The lowest BCUT2D eigenvalue weighted by Gasteiger charge is -2.27. The average molecular weight is 546 g/mol. The van der Waals surface area contributed by atoms with Gasteiger partial charge in [0.2, 0.25) is 0 Å². The second kappa shape index (κ2) is 15.3. The number of hydrogen-bond donors (Lipinski definition) is 3. The van der Waals surface area contributed by atoms with E-state index in [-0.39, 0.29) is 36.0 Å². The van der Waals surface area contributed by atoms with Crippen molar-refractivity contribution in [3.63, 3.8) is 0 Å². The van der Waals surface area contributed by atoms with Gasteiger partial charge in [-0.05, 0) is 62.6 Å². The Morgan fingerprint density at radius 2 is 1.87 bits per heavy atom. The first kappa shape index (κ1) is 27.5. The fourth-order valence-corrected chi connectivity index (χ4v) is 3.87. The van der Waals surface area contributed by atoms with Gasteiger partial charge in [-0.1, -0.05) is 25.0 Å². The summed E-state index contributed by atoms with van der Waals surface area (Å²) in [4.78, 5) is 15.7. The molecular weight excluding hydrogens is 507 g/mol. The number of carbonyl (C=O) groups is 1. The number of aliphatic imine (C=N–C) groups is 1. The highest BCUT2D eigenvalue weighted by molar-refractivity contribution is 14.0. The monoisotopic (exact) mass is 546 g/mol. The largest absolute Gasteiger partial charge is 0.484 e. The molecular formula is C23H39IN4O3. The smallest absolute Gasteiger partial charge is 0.255 e. The van der Waals surface area contributed by atoms with Gasteiger partial charge in [-0.3, -0.25) is 9.79 Å². The van der Waals surface area contributed by atoms with Gasteiger partial charge in [-0.2, -0.15) is 0 Å². The first-order valence-corrected chi connectivity index (χ1v) is 11.2. The molecule has 0 spiro atoms. The average Bonchev–Trinajstić information content (AvgIpc) is 3.20. The van der Waals surface area contributed by atoms with Gasteiger partial charge in [0.25, 0.3) is 5.91 Å². The highest BCUT2D eigenvalue weighted by Crippen LogP contribution is 2.41. The molecule has 8 heteroatoms. The number of nitrogens with zero attached hydrogens (tertiary/aromatic N) is 1. The van der Waals surface area contributed by atoms with E-state index in [2.05, 4.69) is 17.6 Å². The number of rotatable bonds is 13. The molecule has 2 rings (SSSR count). The Bertz CT molecular complexity index is 661. The van der Waals surface area contributed by atoms with Gasteiger partial charge in [-0.15, -0.1) is 24.0 Å². The van der Waals surface area contributed by atoms with Crippen LogP contribution in [0.25, 0.3) is 0 Å². The summed E-state index contributed by atoms with van der Waals surface area (Å²) in [5.74, 6) is 1.05. The van der Waals surface area contributed by atoms with Crippen molar-refractivity contribution in [2.75, 3.05) is 39.5 Å². The zero-order valence-electron chi connectivity index (χ0n) is 19.0. The van der Waals surface area contributed by atoms with Gasteiger partial charge in [0, 0.05) is 32.8 Å². The normalized spacial score (nSPS) is 15.2. The number of nitrogens with one attached hydrogen (secondary N) is 2. The van der Waals surface area contributed by atoms with E-state index in [0.717, 1.165) is 51.6 Å². The number of guanidine groups is 1. The number of benzene rings is 1. The summed E-state index contributed by atoms with van der Waals surface area (Å²) in [5.41, 5.74) is 6.57. The van der Waals surface area contributed by atoms with Gasteiger partial charge in [-0.25, -0.2) is 0 Å². The summed E-state index contributed by atoms with van der Waals surface area (Å²) >= 11 is 0. The minimum absolute atomic E-state index is 0. The second-order valence-corrected chi connectivity index (χ2v) is 7.92. The van der Waals surface area contributed by atoms with E-state index in [1.54, 1.807) is 0 Å². The Morgan fingerprint density at radius 3 is 2.48 bits per heavy atom. The summed E-state index contributed by atoms with van der Waals surface area (Å²) in [6.07, 6.45) is 7.04. The van der Waals surface area contributed by atoms with Gasteiger partial charge >= 0.3 is 0 Å². The van der Waals surface area contributed by atoms with Crippen molar-refractivity contribution in [1.29, 1.82) is 0 Å². The summed E-state index contributed by atoms with van der Waals surface area (Å²) in [6.45, 7) is 8.12. The van der Waals surface area contributed by atoms with E-state index >= 15 is 0 Å². The molecule has 1 aromatic carbocycles. The number of halogens is 1. The first-order chi connectivity index (χ1) is 14.6. The maximum absolute atomic E-state index is 10.8. The molecule has 31 heavy (non-hydrogen) atoms. The molecule has 1 aliphatic carbocycles. The zero-order valence-corrected chi connectivity index (χ0v) is 21.3. The minimum Gasteiger partial charge on any atom is -0.484 e. The lowest BCUT2D eigenvalue weighted by atomic mass is 9.83. The number of amides is 1. The van der Waals surface area contributed by atoms with Crippen LogP contribution in [0, 0.1) is 5.41 Å². The standard InChI is InChI=1S/C23H38N4O3.HI/c1-3-25-22(27-18-23(12-5-6-13-23)14-16-29-4-2)26-15-11-19-7-9-20(10-8-19)30-17-21(24)28;/h7-10H,3-6,11-18H2,1-2H3,(H2,24,28)(H2,25,26,27);1H. The highest BCUT2D eigenvalue weighted by atomic mass is 127. The Hall–Kier alpha value is -1.55. The Labute approximate surface area is 203 Å². The van der Waals surface area contributed by atoms with Crippen molar-refractivity contribution in [3.8, 4) is 5.75 Å². The first-order valence-electron chi connectivity index (χ1n) is 11.2. The molecule has 0 radical (unpaired) electrons. The molecule has 0 unspecified atom stereocenters. The molecule has 0 atom stereocenters. The predicted molar refractivity (Wildman–Crippen MR) is 136 cm³/mol. The van der Waals surface area contributed by atoms with Crippen LogP contribution < -0.4 is 21.1 Å². The molecule has 7 nitrogen and oxygen atoms in total. The Morgan fingerprint density at radius 1 is 1.16 bits per heavy atom. The maximum atomic E-state index is 10.8. The molecule has 1 fully saturated rings. The number of ether oxygens (including phenoxy) is 2. The minimum atomic E-state index is -0.476. The zero-order chi connectivity index (χ0) is 21.7. The quantitative estimate of drug-likeness (QED) is 0.153. The predicted octanol–water partition coefficient (Wildman–Crippen LogP) is 3.25. The molecule has 1 aliphatic rings. The summed E-state index contributed by atoms with van der Waals surface area (Å²) in [5, 5.41) is 6.81. The van der Waals surface area contributed by atoms with Crippen molar-refractivity contribution in [2.24, 2.45) is 16.1 Å². The number of primary amides is 1. The van der Waals surface area contributed by atoms with E-state index in [4.69, 9.17) is 20.2 Å². The molecule has 0 heterocycles. The molecule has 1 amide bonds. The lowest BCUT2D eigenvalue weighted by Crippen LogP contribution is -2.39. The maximum Gasteiger partial charge on any atom is 0.255 e. The fourth-order valence-electron chi connectivity index (χ4n) is 3.87. The van der Waals surface area contributed by atoms with Crippen LogP contribution in [0.2, 0.25) is 0 Å². The lowest BCUT2D eigenvalue weighted by molar-refractivity contribution is -0.119. The topological polar surface area (TPSA) is 98.0 Å². The van der Waals surface area contributed by atoms with Gasteiger partial charge in [0.1, 0.15) is 5.75 Å². The van der Waals surface area contributed by atoms with Crippen LogP contribution in [0.15, 0.2) is 29.3 Å². The molecule has 0 aromatic heterocycles. The molecule has 0 aliphatic heterocycles. The molecule has 176 valence electrons. The number of nitrogens with two attached hydrogens (primary N) is 1. The van der Waals surface area contributed by atoms with Crippen LogP contribution in [0.1, 0.15) is 51.5 Å². The van der Waals surface area contributed by atoms with E-state index in [1.807, 2.05) is 31.2 Å². The van der Waals surface area contributed by atoms with Crippen molar-refractivity contribution < 1.29 is 14.3 Å². The van der Waals surface area contributed by atoms with Crippen LogP contribution in [0.5, 0.6) is 5.75 Å². The van der Waals surface area contributed by atoms with Crippen LogP contribution in [0.3, 0.4) is 0 Å². The number of hydrogen-bond acceptors (Lipinski definition) is 4. The van der Waals surface area contributed by atoms with Crippen molar-refractivity contribution in [2.45, 2.75) is 52.4 Å². The third-order valence-electron chi connectivity index (χ3n) is 5.57. The van der Waals surface area contributed by atoms with E-state index < -0.39 is 5.91 Å². The highest BCUT2D eigenvalue weighted by Gasteiger charge is 2.33. The summed E-state index contributed by atoms with van der Waals surface area (Å²) < 4.78 is 10.9. The van der Waals surface area contributed by atoms with Crippen LogP contribution in [-0.4, -0.2) is 51.3 Å². The van der Waals surface area contributed by atoms with E-state index in [9.17, 15) is 4.79 Å². The second-order valence-electron chi connectivity index (χ2n) is 7.92. The van der Waals surface area contributed by atoms with Gasteiger partial charge in [0.05, 0.1) is 0 Å². The van der Waals surface area contributed by atoms with Crippen molar-refractivity contribution >= 4 is 35.8 Å². The molecule has 4 N–H and O–H groups in total. The van der Waals surface area contributed by atoms with Crippen LogP contribution in [0.4, 0.5) is 0 Å². The SMILES string of the molecule is CCNC(=NCC1(CCOCC)CCCC1)NCCc1ccc(OCC(N)=O)cc1.I. The molecule has 0 saturated heterocycles. The van der Waals surface area contributed by atoms with Crippen LogP contribution in [-0.2, 0) is 16.0 Å². The molecule has 1 aromatic rings. The van der Waals surface area contributed by atoms with Gasteiger partial charge in [0.15, 0.2) is 12.6 Å². The number of carbonyl (C=O) groups excluding carboxylic acids is 1. The van der Waals surface area contributed by atoms with Gasteiger partial charge < -0.3 is 25.8 Å². The third kappa shape index (κ3) is 10.5. The summed E-state index contributed by atoms with van der Waals surface area (Å²) in [6, 6.07) is 7.73. The third-order valence-corrected chi connectivity index (χ3v) is 5.57. The van der Waals surface area contributed by atoms with Crippen molar-refractivity contribution in [3.05, 3.63) is 29.8 Å². The molecule has 0 bridgehead atoms. The van der Waals surface area contributed by atoms with E-state index in [1.165, 1.54) is 31.2 Å². The van der Waals surface area contributed by atoms with Crippen LogP contribution >= 0.6 is 24.0 Å². The van der Waals surface area contributed by atoms with E-state index in [0.29, 0.717) is 5.75 Å². The van der Waals surface area contributed by atoms with Crippen molar-refractivity contribution in [1.82, 2.24) is 10.6 Å². The Kier molecular flexibility index (Phi) is 13.6.